The van der Waals surface area contributed by atoms with Gasteiger partial charge in [-0.3, -0.25) is 4.89 Å². The van der Waals surface area contributed by atoms with Crippen LogP contribution in [0, 0.1) is 0 Å². The Balaban J connectivity index is 3.85. The van der Waals surface area contributed by atoms with Crippen molar-refractivity contribution in [3.05, 3.63) is 12.7 Å². The molecule has 0 saturated heterocycles. The molecule has 0 unspecified atom stereocenters. The van der Waals surface area contributed by atoms with Crippen molar-refractivity contribution in [2.24, 2.45) is 0 Å². The normalized spacial score (nSPS) is 10.6. The molecule has 0 atom stereocenters. The second-order valence-electron chi connectivity index (χ2n) is 3.03. The molecule has 0 spiro atoms. The molecule has 0 aromatic rings. The van der Waals surface area contributed by atoms with E-state index in [-0.39, 0.29) is 0 Å². The van der Waals surface area contributed by atoms with E-state index in [0.29, 0.717) is 6.42 Å². The summed E-state index contributed by atoms with van der Waals surface area (Å²) in [5.41, 5.74) is -0.631. The van der Waals surface area contributed by atoms with Gasteiger partial charge >= 0.3 is 6.16 Å². The van der Waals surface area contributed by atoms with E-state index >= 15 is 0 Å². The third-order valence-corrected chi connectivity index (χ3v) is 1.38. The highest BCUT2D eigenvalue weighted by atomic mass is 17.1. The SMILES string of the molecule is C=CCCC(C)(C)OC(=O)OO. The molecule has 0 aliphatic heterocycles. The summed E-state index contributed by atoms with van der Waals surface area (Å²) in [6.45, 7) is 7.00. The zero-order valence-corrected chi connectivity index (χ0v) is 7.37. The summed E-state index contributed by atoms with van der Waals surface area (Å²) >= 11 is 0. The molecule has 0 amide bonds. The minimum Gasteiger partial charge on any atom is -0.426 e. The molecule has 0 fully saturated rings. The molecule has 0 rings (SSSR count). The highest BCUT2D eigenvalue weighted by molar-refractivity contribution is 5.59. The van der Waals surface area contributed by atoms with Gasteiger partial charge in [-0.15, -0.1) is 6.58 Å². The van der Waals surface area contributed by atoms with Crippen LogP contribution in [0.25, 0.3) is 0 Å². The molecule has 0 aliphatic rings. The van der Waals surface area contributed by atoms with Gasteiger partial charge in [0.1, 0.15) is 5.60 Å². The number of allylic oxidation sites excluding steroid dienone is 1. The van der Waals surface area contributed by atoms with Gasteiger partial charge in [0.25, 0.3) is 0 Å². The van der Waals surface area contributed by atoms with Crippen molar-refractivity contribution in [2.45, 2.75) is 32.3 Å². The molecule has 0 radical (unpaired) electrons. The Hall–Kier alpha value is -1.03. The Labute approximate surface area is 71.7 Å². The number of hydrogen-bond donors (Lipinski definition) is 1. The molecule has 0 heterocycles. The number of carbonyl (C=O) groups is 1. The molecule has 4 heteroatoms. The first kappa shape index (κ1) is 11.0. The molecule has 1 N–H and O–H groups in total. The third kappa shape index (κ3) is 4.73. The number of hydrogen-bond acceptors (Lipinski definition) is 4. The van der Waals surface area contributed by atoms with Crippen molar-refractivity contribution >= 4 is 6.16 Å². The van der Waals surface area contributed by atoms with Crippen molar-refractivity contribution in [3.8, 4) is 0 Å². The standard InChI is InChI=1S/C8H14O4/c1-4-5-6-8(2,3)11-7(9)12-10/h4,10H,1,5-6H2,2-3H3. The molecule has 0 aromatic heterocycles. The maximum Gasteiger partial charge on any atom is 0.540 e. The molecular weight excluding hydrogens is 160 g/mol. The largest absolute Gasteiger partial charge is 0.540 e. The average molecular weight is 174 g/mol. The zero-order chi connectivity index (χ0) is 9.61. The van der Waals surface area contributed by atoms with E-state index in [1.807, 2.05) is 0 Å². The summed E-state index contributed by atoms with van der Waals surface area (Å²) in [4.78, 5) is 13.8. The monoisotopic (exact) mass is 174 g/mol. The van der Waals surface area contributed by atoms with E-state index in [2.05, 4.69) is 11.5 Å². The fourth-order valence-electron chi connectivity index (χ4n) is 0.745. The molecular formula is C8H14O4. The molecule has 0 aromatic carbocycles. The number of rotatable bonds is 4. The summed E-state index contributed by atoms with van der Waals surface area (Å²) in [6.07, 6.45) is 2.04. The molecule has 0 aliphatic carbocycles. The van der Waals surface area contributed by atoms with Crippen LogP contribution in [0.4, 0.5) is 4.79 Å². The lowest BCUT2D eigenvalue weighted by atomic mass is 10.0. The lowest BCUT2D eigenvalue weighted by Gasteiger charge is -2.22. The van der Waals surface area contributed by atoms with E-state index in [9.17, 15) is 4.79 Å². The molecule has 0 saturated carbocycles. The first-order valence-corrected chi connectivity index (χ1v) is 3.67. The maximum atomic E-state index is 10.5. The summed E-state index contributed by atoms with van der Waals surface area (Å²) in [5, 5.41) is 7.93. The van der Waals surface area contributed by atoms with E-state index in [4.69, 9.17) is 9.99 Å². The summed E-state index contributed by atoms with van der Waals surface area (Å²) < 4.78 is 4.73. The van der Waals surface area contributed by atoms with E-state index in [0.717, 1.165) is 6.42 Å². The van der Waals surface area contributed by atoms with Crippen molar-refractivity contribution in [1.82, 2.24) is 0 Å². The summed E-state index contributed by atoms with van der Waals surface area (Å²) in [7, 11) is 0. The van der Waals surface area contributed by atoms with Crippen molar-refractivity contribution < 1.29 is 19.7 Å². The van der Waals surface area contributed by atoms with Gasteiger partial charge in [-0.1, -0.05) is 6.08 Å². The van der Waals surface area contributed by atoms with E-state index in [1.54, 1.807) is 19.9 Å². The molecule has 0 bridgehead atoms. The van der Waals surface area contributed by atoms with Crippen molar-refractivity contribution in [1.29, 1.82) is 0 Å². The van der Waals surface area contributed by atoms with Crippen LogP contribution < -0.4 is 0 Å². The minimum atomic E-state index is -1.08. The van der Waals surface area contributed by atoms with Gasteiger partial charge < -0.3 is 4.74 Å². The zero-order valence-electron chi connectivity index (χ0n) is 7.37. The fraction of sp³-hybridized carbons (Fsp3) is 0.625. The van der Waals surface area contributed by atoms with Gasteiger partial charge in [-0.05, 0) is 26.7 Å². The van der Waals surface area contributed by atoms with Crippen LogP contribution in [0.3, 0.4) is 0 Å². The number of ether oxygens (including phenoxy) is 1. The van der Waals surface area contributed by atoms with Crippen molar-refractivity contribution in [3.63, 3.8) is 0 Å². The predicted molar refractivity (Wildman–Crippen MR) is 43.7 cm³/mol. The van der Waals surface area contributed by atoms with Crippen LogP contribution in [-0.2, 0) is 9.62 Å². The highest BCUT2D eigenvalue weighted by Crippen LogP contribution is 2.17. The Bertz CT molecular complexity index is 162. The van der Waals surface area contributed by atoms with Crippen molar-refractivity contribution in [2.75, 3.05) is 0 Å². The fourth-order valence-corrected chi connectivity index (χ4v) is 0.745. The van der Waals surface area contributed by atoms with Crippen LogP contribution in [0.1, 0.15) is 26.7 Å². The Morgan fingerprint density at radius 3 is 2.67 bits per heavy atom. The Morgan fingerprint density at radius 1 is 1.67 bits per heavy atom. The van der Waals surface area contributed by atoms with Gasteiger partial charge in [-0.25, -0.2) is 4.79 Å². The van der Waals surface area contributed by atoms with Crippen LogP contribution in [0.15, 0.2) is 12.7 Å². The lowest BCUT2D eigenvalue weighted by Crippen LogP contribution is -2.27. The van der Waals surface area contributed by atoms with Crippen LogP contribution >= 0.6 is 0 Å². The van der Waals surface area contributed by atoms with Gasteiger partial charge in [0, 0.05) is 0 Å². The number of carbonyl (C=O) groups excluding carboxylic acids is 1. The molecule has 12 heavy (non-hydrogen) atoms. The molecule has 4 nitrogen and oxygen atoms in total. The summed E-state index contributed by atoms with van der Waals surface area (Å²) in [5.74, 6) is 0. The van der Waals surface area contributed by atoms with Crippen LogP contribution in [-0.4, -0.2) is 17.0 Å². The quantitative estimate of drug-likeness (QED) is 0.307. The third-order valence-electron chi connectivity index (χ3n) is 1.38. The predicted octanol–water partition coefficient (Wildman–Crippen LogP) is 2.36. The second-order valence-corrected chi connectivity index (χ2v) is 3.03. The smallest absolute Gasteiger partial charge is 0.426 e. The van der Waals surface area contributed by atoms with E-state index in [1.165, 1.54) is 0 Å². The maximum absolute atomic E-state index is 10.5. The van der Waals surface area contributed by atoms with Gasteiger partial charge in [-0.2, -0.15) is 5.26 Å². The van der Waals surface area contributed by atoms with E-state index < -0.39 is 11.8 Å². The molecule has 70 valence electrons. The average Bonchev–Trinajstić information content (AvgIpc) is 2.00. The first-order valence-electron chi connectivity index (χ1n) is 3.67. The van der Waals surface area contributed by atoms with Gasteiger partial charge in [0.2, 0.25) is 0 Å². The van der Waals surface area contributed by atoms with Crippen LogP contribution in [0.5, 0.6) is 0 Å². The van der Waals surface area contributed by atoms with Gasteiger partial charge in [0.05, 0.1) is 0 Å². The topological polar surface area (TPSA) is 55.8 Å². The van der Waals surface area contributed by atoms with Crippen LogP contribution in [0.2, 0.25) is 0 Å². The first-order chi connectivity index (χ1) is 5.52. The Morgan fingerprint density at radius 2 is 2.25 bits per heavy atom. The second kappa shape index (κ2) is 4.77. The summed E-state index contributed by atoms with van der Waals surface area (Å²) in [6, 6.07) is 0. The Kier molecular flexibility index (Phi) is 4.36. The lowest BCUT2D eigenvalue weighted by molar-refractivity contribution is -0.211. The minimum absolute atomic E-state index is 0.631. The highest BCUT2D eigenvalue weighted by Gasteiger charge is 2.22. The van der Waals surface area contributed by atoms with Gasteiger partial charge in [0.15, 0.2) is 0 Å².